The van der Waals surface area contributed by atoms with Crippen LogP contribution in [-0.4, -0.2) is 86.1 Å². The van der Waals surface area contributed by atoms with Gasteiger partial charge in [-0.15, -0.1) is 11.3 Å². The average Bonchev–Trinajstić information content (AvgIpc) is 3.59. The van der Waals surface area contributed by atoms with Crippen LogP contribution in [0, 0.1) is 17.0 Å². The van der Waals surface area contributed by atoms with E-state index in [0.717, 1.165) is 29.7 Å². The van der Waals surface area contributed by atoms with Crippen LogP contribution in [0.25, 0.3) is 11.3 Å². The van der Waals surface area contributed by atoms with Crippen molar-refractivity contribution in [3.8, 4) is 22.8 Å². The van der Waals surface area contributed by atoms with E-state index in [2.05, 4.69) is 24.4 Å². The number of benzene rings is 2. The van der Waals surface area contributed by atoms with Crippen LogP contribution in [0.2, 0.25) is 0 Å². The molecule has 2 aromatic carbocycles. The number of carboxylic acid groups (broad SMARTS) is 1. The zero-order valence-electron chi connectivity index (χ0n) is 24.8. The largest absolute Gasteiger partial charge is 0.550 e. The van der Waals surface area contributed by atoms with Crippen molar-refractivity contribution in [2.24, 2.45) is 5.41 Å². The molecule has 5 rings (SSSR count). The van der Waals surface area contributed by atoms with Gasteiger partial charge in [0.1, 0.15) is 16.5 Å². The fourth-order valence-corrected chi connectivity index (χ4v) is 6.45. The normalized spacial score (nSPS) is 16.7. The Bertz CT molecular complexity index is 1550. The highest BCUT2D eigenvalue weighted by molar-refractivity contribution is 7.09. The Labute approximate surface area is 257 Å². The molecule has 1 saturated heterocycles. The van der Waals surface area contributed by atoms with Crippen LogP contribution in [0.3, 0.4) is 0 Å². The summed E-state index contributed by atoms with van der Waals surface area (Å²) in [7, 11) is 5.81. The maximum absolute atomic E-state index is 13.8. The summed E-state index contributed by atoms with van der Waals surface area (Å²) in [5, 5.41) is 16.7. The molecule has 1 aromatic heterocycles. The smallest absolute Gasteiger partial charge is 0.260 e. The highest BCUT2D eigenvalue weighted by Crippen LogP contribution is 2.41. The second-order valence-electron chi connectivity index (χ2n) is 11.9. The Morgan fingerprint density at radius 2 is 1.75 bits per heavy atom. The number of aliphatic carboxylic acids is 1. The third-order valence-corrected chi connectivity index (χ3v) is 9.18. The lowest BCUT2D eigenvalue weighted by Gasteiger charge is -2.38. The van der Waals surface area contributed by atoms with Gasteiger partial charge in [0.25, 0.3) is 5.91 Å². The number of carbonyl (C=O) groups excluding carboxylic acids is 3. The first-order valence-electron chi connectivity index (χ1n) is 14.2. The molecule has 1 aliphatic carbocycles. The monoisotopic (exact) mass is 628 g/mol. The molecule has 1 aliphatic heterocycles. The molecule has 0 atom stereocenters. The summed E-state index contributed by atoms with van der Waals surface area (Å²) in [5.41, 5.74) is 0.647. The first kappa shape index (κ1) is 31.3. The number of quaternary nitrogens is 1. The second kappa shape index (κ2) is 12.5. The molecule has 3 aromatic rings. The van der Waals surface area contributed by atoms with Crippen LogP contribution < -0.4 is 19.9 Å². The van der Waals surface area contributed by atoms with Gasteiger partial charge in [-0.25, -0.2) is 13.8 Å². The molecule has 13 heteroatoms. The molecule has 0 spiro atoms. The summed E-state index contributed by atoms with van der Waals surface area (Å²) in [4.78, 5) is 43.9. The quantitative estimate of drug-likeness (QED) is 0.341. The minimum Gasteiger partial charge on any atom is -0.550 e. The van der Waals surface area contributed by atoms with Gasteiger partial charge < -0.3 is 34.1 Å². The molecule has 234 valence electrons. The van der Waals surface area contributed by atoms with Crippen molar-refractivity contribution in [2.45, 2.75) is 25.8 Å². The van der Waals surface area contributed by atoms with Crippen LogP contribution >= 0.6 is 11.3 Å². The average molecular weight is 629 g/mol. The van der Waals surface area contributed by atoms with Gasteiger partial charge in [0.15, 0.2) is 18.2 Å². The highest BCUT2D eigenvalue weighted by atomic mass is 32.1. The Balaban J connectivity index is 1.21. The number of thiazole rings is 1. The first-order chi connectivity index (χ1) is 20.9. The number of methoxy groups -OCH3 is 1. The van der Waals surface area contributed by atoms with Crippen molar-refractivity contribution >= 4 is 29.1 Å². The van der Waals surface area contributed by atoms with E-state index in [0.29, 0.717) is 52.0 Å². The number of hydrogen-bond donors (Lipinski definition) is 1. The number of nitrogens with zero attached hydrogens (tertiary/aromatic N) is 3. The Kier molecular flexibility index (Phi) is 8.89. The highest BCUT2D eigenvalue weighted by Gasteiger charge is 2.44. The zero-order valence-corrected chi connectivity index (χ0v) is 25.6. The molecule has 2 amide bonds. The van der Waals surface area contributed by atoms with Crippen molar-refractivity contribution < 1.29 is 42.2 Å². The molecule has 10 nitrogen and oxygen atoms in total. The molecule has 44 heavy (non-hydrogen) atoms. The molecule has 0 radical (unpaired) electrons. The third kappa shape index (κ3) is 6.83. The van der Waals surface area contributed by atoms with Crippen molar-refractivity contribution in [3.05, 3.63) is 63.5 Å². The number of carbonyl (C=O) groups is 3. The lowest BCUT2D eigenvalue weighted by molar-refractivity contribution is -0.894. The summed E-state index contributed by atoms with van der Waals surface area (Å²) < 4.78 is 39.8. The summed E-state index contributed by atoms with van der Waals surface area (Å²) in [6, 6.07) is 7.22. The number of likely N-dealkylation sites (N-methyl/N-ethyl adjacent to an activating group) is 1. The number of halogens is 2. The summed E-state index contributed by atoms with van der Waals surface area (Å²) in [6.07, 6.45) is -0.684. The van der Waals surface area contributed by atoms with Gasteiger partial charge in [0.05, 0.1) is 65.0 Å². The third-order valence-electron chi connectivity index (χ3n) is 8.33. The van der Waals surface area contributed by atoms with E-state index < -0.39 is 35.3 Å². The Morgan fingerprint density at radius 3 is 2.36 bits per heavy atom. The molecular formula is C31H34F2N4O6S. The van der Waals surface area contributed by atoms with Gasteiger partial charge in [0, 0.05) is 29.4 Å². The van der Waals surface area contributed by atoms with Crippen molar-refractivity contribution in [3.63, 3.8) is 0 Å². The van der Waals surface area contributed by atoms with Crippen LogP contribution in [0.1, 0.15) is 22.6 Å². The van der Waals surface area contributed by atoms with Gasteiger partial charge in [0.2, 0.25) is 5.91 Å². The van der Waals surface area contributed by atoms with E-state index in [1.54, 1.807) is 23.6 Å². The summed E-state index contributed by atoms with van der Waals surface area (Å²) in [6.45, 7) is 3.11. The van der Waals surface area contributed by atoms with Crippen LogP contribution in [0.5, 0.6) is 11.5 Å². The van der Waals surface area contributed by atoms with E-state index in [1.165, 1.54) is 18.4 Å². The number of rotatable bonds is 10. The number of carboxylic acids is 1. The van der Waals surface area contributed by atoms with Gasteiger partial charge >= 0.3 is 0 Å². The van der Waals surface area contributed by atoms with Gasteiger partial charge in [-0.3, -0.25) is 9.59 Å². The standard InChI is InChI=1S/C31H34F2N4O6S/c1-37(2)8-6-36(7-9-37)28(38)17-43-21-4-5-22(26(12-21)42-3)25-18-44-27(35-25)16-34-30(41)31(15-29(39)40)13-19-10-23(32)24(33)11-20(19)14-31/h4-5,10-12,18H,6-9,13-17H2,1-3H3,(H-,34,39,40,41). The predicted molar refractivity (Wildman–Crippen MR) is 156 cm³/mol. The van der Waals surface area contributed by atoms with E-state index >= 15 is 0 Å². The van der Waals surface area contributed by atoms with Gasteiger partial charge in [-0.1, -0.05) is 0 Å². The van der Waals surface area contributed by atoms with Crippen LogP contribution in [0.4, 0.5) is 8.78 Å². The van der Waals surface area contributed by atoms with E-state index in [1.807, 2.05) is 4.90 Å². The maximum atomic E-state index is 13.8. The zero-order chi connectivity index (χ0) is 31.6. The first-order valence-corrected chi connectivity index (χ1v) is 15.1. The lowest BCUT2D eigenvalue weighted by atomic mass is 9.80. The van der Waals surface area contributed by atoms with Crippen LogP contribution in [0.15, 0.2) is 35.7 Å². The minimum atomic E-state index is -1.43. The summed E-state index contributed by atoms with van der Waals surface area (Å²) >= 11 is 1.29. The molecule has 2 aliphatic rings. The predicted octanol–water partition coefficient (Wildman–Crippen LogP) is 1.94. The molecule has 1 N–H and O–H groups in total. The van der Waals surface area contributed by atoms with E-state index in [9.17, 15) is 28.3 Å². The Hall–Kier alpha value is -4.10. The minimum absolute atomic E-state index is 0.0234. The second-order valence-corrected chi connectivity index (χ2v) is 12.9. The van der Waals surface area contributed by atoms with Crippen molar-refractivity contribution in [1.82, 2.24) is 15.2 Å². The molecule has 0 bridgehead atoms. The van der Waals surface area contributed by atoms with Crippen molar-refractivity contribution in [1.29, 1.82) is 0 Å². The van der Waals surface area contributed by atoms with Gasteiger partial charge in [-0.2, -0.15) is 0 Å². The molecule has 1 fully saturated rings. The summed E-state index contributed by atoms with van der Waals surface area (Å²) in [5.74, 6) is -3.18. The van der Waals surface area contributed by atoms with Crippen LogP contribution in [-0.2, 0) is 33.8 Å². The van der Waals surface area contributed by atoms with E-state index in [4.69, 9.17) is 9.47 Å². The number of amides is 2. The molecular weight excluding hydrogens is 594 g/mol. The number of piperazine rings is 1. The topological polar surface area (TPSA) is 121 Å². The van der Waals surface area contributed by atoms with E-state index in [-0.39, 0.29) is 31.9 Å². The SMILES string of the molecule is COc1cc(OCC(=O)N2CC[N+](C)(C)CC2)ccc1-c1csc(CNC(=O)C2(CC(=O)[O-])Cc3cc(F)c(F)cc3C2)n1. The number of ether oxygens (including phenoxy) is 2. The fraction of sp³-hybridized carbons (Fsp3) is 0.419. The molecule has 2 heterocycles. The number of nitrogens with one attached hydrogen (secondary N) is 1. The number of fused-ring (bicyclic) bond motifs is 1. The maximum Gasteiger partial charge on any atom is 0.260 e. The molecule has 0 saturated carbocycles. The lowest BCUT2D eigenvalue weighted by Crippen LogP contribution is -2.56. The Morgan fingerprint density at radius 1 is 1.09 bits per heavy atom. The molecule has 0 unspecified atom stereocenters. The number of aromatic nitrogens is 1. The van der Waals surface area contributed by atoms with Crippen molar-refractivity contribution in [2.75, 3.05) is 54.0 Å². The van der Waals surface area contributed by atoms with Gasteiger partial charge in [-0.05, 0) is 48.2 Å². The fourth-order valence-electron chi connectivity index (χ4n) is 5.72. The number of hydrogen-bond acceptors (Lipinski definition) is 8.